The largest absolute Gasteiger partial charge is 0.493 e. The number of ether oxygens (including phenoxy) is 2. The van der Waals surface area contributed by atoms with Crippen molar-refractivity contribution in [3.63, 3.8) is 0 Å². The molecule has 1 aliphatic carbocycles. The van der Waals surface area contributed by atoms with Gasteiger partial charge >= 0.3 is 0 Å². The Labute approximate surface area is 123 Å². The summed E-state index contributed by atoms with van der Waals surface area (Å²) in [6.07, 6.45) is 3.69. The second-order valence-corrected chi connectivity index (χ2v) is 5.37. The van der Waals surface area contributed by atoms with Crippen LogP contribution >= 0.6 is 0 Å². The van der Waals surface area contributed by atoms with E-state index in [1.165, 1.54) is 0 Å². The summed E-state index contributed by atoms with van der Waals surface area (Å²) in [6, 6.07) is 5.77. The van der Waals surface area contributed by atoms with E-state index < -0.39 is 0 Å². The van der Waals surface area contributed by atoms with Crippen molar-refractivity contribution in [2.75, 3.05) is 26.1 Å². The zero-order valence-corrected chi connectivity index (χ0v) is 12.3. The molecule has 2 aromatic rings. The summed E-state index contributed by atoms with van der Waals surface area (Å²) in [7, 11) is 3.24. The van der Waals surface area contributed by atoms with Gasteiger partial charge in [0.1, 0.15) is 5.82 Å². The van der Waals surface area contributed by atoms with Gasteiger partial charge in [-0.1, -0.05) is 0 Å². The molecule has 1 unspecified atom stereocenters. The molecule has 1 heterocycles. The maximum absolute atomic E-state index is 9.97. The summed E-state index contributed by atoms with van der Waals surface area (Å²) >= 11 is 0. The fourth-order valence-corrected chi connectivity index (χ4v) is 2.49. The average molecular weight is 288 g/mol. The second kappa shape index (κ2) is 5.77. The molecule has 5 nitrogen and oxygen atoms in total. The zero-order valence-electron chi connectivity index (χ0n) is 12.3. The Morgan fingerprint density at radius 3 is 2.67 bits per heavy atom. The van der Waals surface area contributed by atoms with Crippen molar-refractivity contribution in [3.05, 3.63) is 24.4 Å². The predicted molar refractivity (Wildman–Crippen MR) is 82.1 cm³/mol. The van der Waals surface area contributed by atoms with Crippen molar-refractivity contribution in [3.8, 4) is 11.5 Å². The van der Waals surface area contributed by atoms with Crippen molar-refractivity contribution in [1.82, 2.24) is 4.98 Å². The third-order valence-electron chi connectivity index (χ3n) is 3.91. The van der Waals surface area contributed by atoms with Crippen LogP contribution in [-0.4, -0.2) is 37.0 Å². The maximum Gasteiger partial charge on any atom is 0.161 e. The minimum atomic E-state index is -0.304. The molecule has 1 aliphatic rings. The van der Waals surface area contributed by atoms with Crippen molar-refractivity contribution >= 4 is 16.6 Å². The highest BCUT2D eigenvalue weighted by molar-refractivity contribution is 5.94. The molecule has 0 saturated heterocycles. The Bertz CT molecular complexity index is 641. The number of aliphatic hydroxyl groups is 1. The van der Waals surface area contributed by atoms with Crippen LogP contribution in [-0.2, 0) is 0 Å². The number of aromatic nitrogens is 1. The van der Waals surface area contributed by atoms with Crippen molar-refractivity contribution in [1.29, 1.82) is 0 Å². The van der Waals surface area contributed by atoms with Crippen LogP contribution < -0.4 is 14.8 Å². The lowest BCUT2D eigenvalue weighted by molar-refractivity contribution is 0.164. The maximum atomic E-state index is 9.97. The highest BCUT2D eigenvalue weighted by Crippen LogP contribution is 2.35. The highest BCUT2D eigenvalue weighted by Gasteiger charge is 2.29. The first-order chi connectivity index (χ1) is 10.2. The number of nitrogens with zero attached hydrogens (tertiary/aromatic N) is 1. The molecule has 0 aliphatic heterocycles. The quantitative estimate of drug-likeness (QED) is 0.854. The van der Waals surface area contributed by atoms with E-state index in [2.05, 4.69) is 10.3 Å². The molecular formula is C16H20N2O3. The van der Waals surface area contributed by atoms with Gasteiger partial charge in [-0.05, 0) is 42.3 Å². The SMILES string of the molecule is COc1cc2ccnc(NCC(O)C3CC3)c2cc1OC. The molecule has 1 fully saturated rings. The standard InChI is InChI=1S/C16H20N2O3/c1-20-14-7-11-5-6-17-16(12(11)8-15(14)21-2)18-9-13(19)10-3-4-10/h5-8,10,13,19H,3-4,9H2,1-2H3,(H,17,18). The molecule has 0 spiro atoms. The first-order valence-electron chi connectivity index (χ1n) is 7.15. The zero-order chi connectivity index (χ0) is 14.8. The molecule has 21 heavy (non-hydrogen) atoms. The third kappa shape index (κ3) is 2.88. The van der Waals surface area contributed by atoms with E-state index in [0.717, 1.165) is 29.4 Å². The Kier molecular flexibility index (Phi) is 3.84. The van der Waals surface area contributed by atoms with Crippen LogP contribution in [0.2, 0.25) is 0 Å². The predicted octanol–water partition coefficient (Wildman–Crippen LogP) is 2.43. The Hall–Kier alpha value is -2.01. The molecule has 3 rings (SSSR count). The molecule has 0 amide bonds. The number of anilines is 1. The van der Waals surface area contributed by atoms with Crippen molar-refractivity contribution < 1.29 is 14.6 Å². The lowest BCUT2D eigenvalue weighted by Gasteiger charge is -2.14. The van der Waals surface area contributed by atoms with Crippen LogP contribution in [0, 0.1) is 5.92 Å². The number of nitrogens with one attached hydrogen (secondary N) is 1. The lowest BCUT2D eigenvalue weighted by atomic mass is 10.1. The molecule has 2 N–H and O–H groups in total. The van der Waals surface area contributed by atoms with E-state index in [-0.39, 0.29) is 6.10 Å². The van der Waals surface area contributed by atoms with Gasteiger partial charge in [0.2, 0.25) is 0 Å². The van der Waals surface area contributed by atoms with Gasteiger partial charge in [0.15, 0.2) is 11.5 Å². The number of pyridine rings is 1. The summed E-state index contributed by atoms with van der Waals surface area (Å²) in [5.41, 5.74) is 0. The molecule has 1 aromatic heterocycles. The molecule has 1 saturated carbocycles. The topological polar surface area (TPSA) is 63.6 Å². The van der Waals surface area contributed by atoms with Gasteiger partial charge in [-0.3, -0.25) is 0 Å². The highest BCUT2D eigenvalue weighted by atomic mass is 16.5. The van der Waals surface area contributed by atoms with Crippen LogP contribution in [0.3, 0.4) is 0 Å². The van der Waals surface area contributed by atoms with Gasteiger partial charge in [-0.25, -0.2) is 4.98 Å². The summed E-state index contributed by atoms with van der Waals surface area (Å²) in [6.45, 7) is 0.519. The first kappa shape index (κ1) is 13.9. The Morgan fingerprint density at radius 1 is 1.29 bits per heavy atom. The molecule has 0 radical (unpaired) electrons. The van der Waals surface area contributed by atoms with Gasteiger partial charge in [-0.2, -0.15) is 0 Å². The fraction of sp³-hybridized carbons (Fsp3) is 0.438. The van der Waals surface area contributed by atoms with Crippen LogP contribution in [0.15, 0.2) is 24.4 Å². The number of benzene rings is 1. The molecule has 5 heteroatoms. The van der Waals surface area contributed by atoms with E-state index in [4.69, 9.17) is 9.47 Å². The fourth-order valence-electron chi connectivity index (χ4n) is 2.49. The molecule has 1 aromatic carbocycles. The van der Waals surface area contributed by atoms with Crippen molar-refractivity contribution in [2.24, 2.45) is 5.92 Å². The summed E-state index contributed by atoms with van der Waals surface area (Å²) < 4.78 is 10.7. The summed E-state index contributed by atoms with van der Waals surface area (Å²) in [5.74, 6) is 2.57. The molecule has 112 valence electrons. The summed E-state index contributed by atoms with van der Waals surface area (Å²) in [5, 5.41) is 15.2. The lowest BCUT2D eigenvalue weighted by Crippen LogP contribution is -2.21. The number of aliphatic hydroxyl groups excluding tert-OH is 1. The number of hydrogen-bond donors (Lipinski definition) is 2. The van der Waals surface area contributed by atoms with E-state index in [1.807, 2.05) is 18.2 Å². The van der Waals surface area contributed by atoms with E-state index in [1.54, 1.807) is 20.4 Å². The minimum Gasteiger partial charge on any atom is -0.493 e. The smallest absolute Gasteiger partial charge is 0.161 e. The number of methoxy groups -OCH3 is 2. The number of hydrogen-bond acceptors (Lipinski definition) is 5. The van der Waals surface area contributed by atoms with Gasteiger partial charge in [0, 0.05) is 18.1 Å². The van der Waals surface area contributed by atoms with Crippen LogP contribution in [0.4, 0.5) is 5.82 Å². The second-order valence-electron chi connectivity index (χ2n) is 5.37. The van der Waals surface area contributed by atoms with Gasteiger partial charge in [0.25, 0.3) is 0 Å². The monoisotopic (exact) mass is 288 g/mol. The van der Waals surface area contributed by atoms with Crippen molar-refractivity contribution in [2.45, 2.75) is 18.9 Å². The summed E-state index contributed by atoms with van der Waals surface area (Å²) in [4.78, 5) is 4.37. The molecule has 0 bridgehead atoms. The van der Waals surface area contributed by atoms with Crippen LogP contribution in [0.1, 0.15) is 12.8 Å². The number of fused-ring (bicyclic) bond motifs is 1. The molecule has 1 atom stereocenters. The van der Waals surface area contributed by atoms with Gasteiger partial charge in [0.05, 0.1) is 20.3 Å². The van der Waals surface area contributed by atoms with Crippen LogP contribution in [0.25, 0.3) is 10.8 Å². The first-order valence-corrected chi connectivity index (χ1v) is 7.15. The Morgan fingerprint density at radius 2 is 2.00 bits per heavy atom. The van der Waals surface area contributed by atoms with E-state index >= 15 is 0 Å². The van der Waals surface area contributed by atoms with Gasteiger partial charge < -0.3 is 19.9 Å². The number of rotatable bonds is 6. The van der Waals surface area contributed by atoms with E-state index in [9.17, 15) is 5.11 Å². The molecular weight excluding hydrogens is 268 g/mol. The minimum absolute atomic E-state index is 0.304. The third-order valence-corrected chi connectivity index (χ3v) is 3.91. The normalized spacial score (nSPS) is 15.8. The van der Waals surface area contributed by atoms with E-state index in [0.29, 0.717) is 24.0 Å². The average Bonchev–Trinajstić information content (AvgIpc) is 3.35. The van der Waals surface area contributed by atoms with Crippen LogP contribution in [0.5, 0.6) is 11.5 Å². The van der Waals surface area contributed by atoms with Gasteiger partial charge in [-0.15, -0.1) is 0 Å². The Balaban J connectivity index is 1.90.